The molecule has 0 amide bonds. The van der Waals surface area contributed by atoms with Crippen LogP contribution in [0.15, 0.2) is 53.4 Å². The number of aryl methyl sites for hydroxylation is 1. The maximum Gasteiger partial charge on any atom is 0.435 e. The van der Waals surface area contributed by atoms with E-state index < -0.39 is 21.9 Å². The van der Waals surface area contributed by atoms with Crippen LogP contribution in [0, 0.1) is 0 Å². The van der Waals surface area contributed by atoms with Crippen molar-refractivity contribution in [3.05, 3.63) is 65.4 Å². The summed E-state index contributed by atoms with van der Waals surface area (Å²) < 4.78 is 64.4. The highest BCUT2D eigenvalue weighted by atomic mass is 32.2. The lowest BCUT2D eigenvalue weighted by atomic mass is 9.87. The van der Waals surface area contributed by atoms with Crippen LogP contribution in [0.1, 0.15) is 29.7 Å². The van der Waals surface area contributed by atoms with E-state index in [1.807, 2.05) is 12.1 Å². The number of rotatable bonds is 3. The smallest absolute Gasteiger partial charge is 0.232 e. The Bertz CT molecular complexity index is 1170. The molecule has 0 radical (unpaired) electrons. The molecule has 2 aromatic carbocycles. The van der Waals surface area contributed by atoms with E-state index in [1.54, 1.807) is 6.07 Å². The maximum atomic E-state index is 13.4. The van der Waals surface area contributed by atoms with E-state index in [-0.39, 0.29) is 4.90 Å². The minimum atomic E-state index is -4.60. The molecule has 0 atom stereocenters. The van der Waals surface area contributed by atoms with Gasteiger partial charge in [-0.3, -0.25) is 0 Å². The van der Waals surface area contributed by atoms with Crippen LogP contribution in [-0.2, 0) is 29.0 Å². The van der Waals surface area contributed by atoms with Crippen LogP contribution < -0.4 is 5.14 Å². The predicted molar refractivity (Wildman–Crippen MR) is 102 cm³/mol. The van der Waals surface area contributed by atoms with Crippen LogP contribution in [0.2, 0.25) is 0 Å². The van der Waals surface area contributed by atoms with Gasteiger partial charge in [-0.25, -0.2) is 18.2 Å². The van der Waals surface area contributed by atoms with Crippen molar-refractivity contribution in [1.29, 1.82) is 0 Å². The summed E-state index contributed by atoms with van der Waals surface area (Å²) in [5.74, 6) is 0. The van der Waals surface area contributed by atoms with Crippen LogP contribution in [-0.4, -0.2) is 18.2 Å². The van der Waals surface area contributed by atoms with Crippen LogP contribution in [0.5, 0.6) is 0 Å². The summed E-state index contributed by atoms with van der Waals surface area (Å²) in [5, 5.41) is 8.88. The fraction of sp³-hybridized carbons (Fsp3) is 0.250. The molecule has 5 nitrogen and oxygen atoms in total. The van der Waals surface area contributed by atoms with Crippen molar-refractivity contribution >= 4 is 10.0 Å². The number of nitrogens with zero attached hydrogens (tertiary/aromatic N) is 2. The molecule has 1 aliphatic rings. The van der Waals surface area contributed by atoms with E-state index in [4.69, 9.17) is 5.14 Å². The van der Waals surface area contributed by atoms with E-state index >= 15 is 0 Å². The monoisotopic (exact) mass is 421 g/mol. The third-order valence-electron chi connectivity index (χ3n) is 5.08. The van der Waals surface area contributed by atoms with Gasteiger partial charge in [-0.15, -0.1) is 0 Å². The molecule has 0 saturated heterocycles. The number of sulfonamides is 1. The predicted octanol–water partition coefficient (Wildman–Crippen LogP) is 4.08. The average molecular weight is 421 g/mol. The van der Waals surface area contributed by atoms with Gasteiger partial charge in [0.1, 0.15) is 0 Å². The Balaban J connectivity index is 1.90. The Kier molecular flexibility index (Phi) is 4.74. The van der Waals surface area contributed by atoms with Gasteiger partial charge in [-0.1, -0.05) is 18.2 Å². The SMILES string of the molecule is NS(=O)(=O)c1ccc(-n2nc(C(F)(F)F)cc2-c2cccc3c2CCCC3)cc1. The Hall–Kier alpha value is -2.65. The van der Waals surface area contributed by atoms with Gasteiger partial charge in [0.15, 0.2) is 5.69 Å². The van der Waals surface area contributed by atoms with Crippen molar-refractivity contribution in [2.24, 2.45) is 5.14 Å². The zero-order valence-electron chi connectivity index (χ0n) is 15.3. The Morgan fingerprint density at radius 1 is 1.00 bits per heavy atom. The molecular formula is C20H18F3N3O2S. The number of hydrogen-bond acceptors (Lipinski definition) is 3. The van der Waals surface area contributed by atoms with Gasteiger partial charge in [0, 0.05) is 5.56 Å². The molecule has 0 aliphatic heterocycles. The second-order valence-electron chi connectivity index (χ2n) is 7.01. The summed E-state index contributed by atoms with van der Waals surface area (Å²) in [4.78, 5) is -0.122. The fourth-order valence-electron chi connectivity index (χ4n) is 3.71. The number of benzene rings is 2. The molecule has 9 heteroatoms. The molecular weight excluding hydrogens is 403 g/mol. The van der Waals surface area contributed by atoms with Crippen molar-refractivity contribution in [3.8, 4) is 16.9 Å². The molecule has 2 N–H and O–H groups in total. The maximum absolute atomic E-state index is 13.4. The highest BCUT2D eigenvalue weighted by molar-refractivity contribution is 7.89. The number of halogens is 3. The first-order chi connectivity index (χ1) is 13.6. The normalized spacial score (nSPS) is 14.6. The summed E-state index contributed by atoms with van der Waals surface area (Å²) in [7, 11) is -3.90. The fourth-order valence-corrected chi connectivity index (χ4v) is 4.22. The Morgan fingerprint density at radius 3 is 2.34 bits per heavy atom. The molecule has 3 aromatic rings. The van der Waals surface area contributed by atoms with Gasteiger partial charge < -0.3 is 0 Å². The van der Waals surface area contributed by atoms with Crippen LogP contribution in [0.3, 0.4) is 0 Å². The first-order valence-corrected chi connectivity index (χ1v) is 10.6. The molecule has 152 valence electrons. The molecule has 29 heavy (non-hydrogen) atoms. The minimum Gasteiger partial charge on any atom is -0.232 e. The Labute approximate surface area is 166 Å². The average Bonchev–Trinajstić information content (AvgIpc) is 3.12. The lowest BCUT2D eigenvalue weighted by molar-refractivity contribution is -0.141. The molecule has 0 fully saturated rings. The molecule has 1 heterocycles. The summed E-state index contributed by atoms with van der Waals surface area (Å²) in [5.41, 5.74) is 2.52. The number of alkyl halides is 3. The van der Waals surface area contributed by atoms with E-state index in [2.05, 4.69) is 5.10 Å². The summed E-state index contributed by atoms with van der Waals surface area (Å²) in [6, 6.07) is 12.0. The first kappa shape index (κ1) is 19.7. The lowest BCUT2D eigenvalue weighted by Gasteiger charge is -2.20. The van der Waals surface area contributed by atoms with Crippen molar-refractivity contribution in [2.75, 3.05) is 0 Å². The van der Waals surface area contributed by atoms with Gasteiger partial charge in [-0.05, 0) is 67.1 Å². The molecule has 1 aromatic heterocycles. The highest BCUT2D eigenvalue weighted by Gasteiger charge is 2.35. The highest BCUT2D eigenvalue weighted by Crippen LogP contribution is 2.37. The molecule has 0 spiro atoms. The number of primary sulfonamides is 1. The number of hydrogen-bond donors (Lipinski definition) is 1. The molecule has 0 bridgehead atoms. The van der Waals surface area contributed by atoms with Gasteiger partial charge in [0.2, 0.25) is 10.0 Å². The van der Waals surface area contributed by atoms with Crippen LogP contribution in [0.25, 0.3) is 16.9 Å². The second-order valence-corrected chi connectivity index (χ2v) is 8.58. The number of nitrogens with two attached hydrogens (primary N) is 1. The molecule has 0 saturated carbocycles. The lowest BCUT2D eigenvalue weighted by Crippen LogP contribution is -2.12. The quantitative estimate of drug-likeness (QED) is 0.692. The zero-order valence-corrected chi connectivity index (χ0v) is 16.1. The van der Waals surface area contributed by atoms with Gasteiger partial charge in [0.05, 0.1) is 16.3 Å². The van der Waals surface area contributed by atoms with E-state index in [0.29, 0.717) is 16.9 Å². The summed E-state index contributed by atoms with van der Waals surface area (Å²) >= 11 is 0. The first-order valence-electron chi connectivity index (χ1n) is 9.06. The largest absolute Gasteiger partial charge is 0.435 e. The van der Waals surface area contributed by atoms with Gasteiger partial charge >= 0.3 is 6.18 Å². The minimum absolute atomic E-state index is 0.122. The summed E-state index contributed by atoms with van der Waals surface area (Å²) in [6.45, 7) is 0. The van der Waals surface area contributed by atoms with E-state index in [9.17, 15) is 21.6 Å². The third-order valence-corrected chi connectivity index (χ3v) is 6.01. The van der Waals surface area contributed by atoms with Crippen molar-refractivity contribution < 1.29 is 21.6 Å². The van der Waals surface area contributed by atoms with Gasteiger partial charge in [0.25, 0.3) is 0 Å². The second kappa shape index (κ2) is 7.00. The van der Waals surface area contributed by atoms with Crippen molar-refractivity contribution in [2.45, 2.75) is 36.8 Å². The van der Waals surface area contributed by atoms with Crippen LogP contribution >= 0.6 is 0 Å². The topological polar surface area (TPSA) is 78.0 Å². The van der Waals surface area contributed by atoms with E-state index in [1.165, 1.54) is 28.9 Å². The third kappa shape index (κ3) is 3.79. The van der Waals surface area contributed by atoms with Crippen LogP contribution in [0.4, 0.5) is 13.2 Å². The van der Waals surface area contributed by atoms with Gasteiger partial charge in [-0.2, -0.15) is 18.3 Å². The van der Waals surface area contributed by atoms with Crippen molar-refractivity contribution in [1.82, 2.24) is 9.78 Å². The Morgan fingerprint density at radius 2 is 1.69 bits per heavy atom. The van der Waals surface area contributed by atoms with Crippen molar-refractivity contribution in [3.63, 3.8) is 0 Å². The molecule has 0 unspecified atom stereocenters. The molecule has 4 rings (SSSR count). The zero-order chi connectivity index (χ0) is 20.8. The molecule has 1 aliphatic carbocycles. The standard InChI is InChI=1S/C20H18F3N3O2S/c21-20(22,23)19-12-18(17-7-3-5-13-4-1-2-6-16(13)17)26(25-19)14-8-10-15(11-9-14)29(24,27)28/h3,5,7-12H,1-2,4,6H2,(H2,24,27,28). The van der Waals surface area contributed by atoms with E-state index in [0.717, 1.165) is 42.9 Å². The number of aromatic nitrogens is 2. The summed E-state index contributed by atoms with van der Waals surface area (Å²) in [6.07, 6.45) is -0.879. The number of fused-ring (bicyclic) bond motifs is 1.